The van der Waals surface area contributed by atoms with Gasteiger partial charge in [0.1, 0.15) is 0 Å². The van der Waals surface area contributed by atoms with E-state index in [1.165, 1.54) is 17.4 Å². The highest BCUT2D eigenvalue weighted by Gasteiger charge is 2.36. The molecule has 1 aliphatic rings. The number of aromatic nitrogens is 3. The third kappa shape index (κ3) is 3.69. The number of amides is 1. The minimum atomic E-state index is -4.61. The number of rotatable bonds is 3. The normalized spacial score (nSPS) is 16.0. The lowest BCUT2D eigenvalue weighted by Crippen LogP contribution is -2.36. The van der Waals surface area contributed by atoms with Crippen molar-refractivity contribution in [1.82, 2.24) is 19.9 Å². The lowest BCUT2D eigenvalue weighted by Gasteiger charge is -2.22. The number of hydrogen-bond donors (Lipinski definition) is 1. The van der Waals surface area contributed by atoms with Crippen LogP contribution < -0.4 is 5.32 Å². The van der Waals surface area contributed by atoms with Crippen LogP contribution in [0, 0.1) is 0 Å². The third-order valence-electron chi connectivity index (χ3n) is 4.66. The molecule has 1 fully saturated rings. The van der Waals surface area contributed by atoms with Gasteiger partial charge in [-0.25, -0.2) is 9.50 Å². The van der Waals surface area contributed by atoms with Gasteiger partial charge in [-0.2, -0.15) is 18.3 Å². The monoisotopic (exact) mass is 394 g/mol. The zero-order valence-corrected chi connectivity index (χ0v) is 15.1. The molecule has 27 heavy (non-hydrogen) atoms. The van der Waals surface area contributed by atoms with E-state index in [2.05, 4.69) is 15.4 Å². The van der Waals surface area contributed by atoms with Crippen molar-refractivity contribution in [3.8, 4) is 10.6 Å². The Kier molecular flexibility index (Phi) is 4.63. The van der Waals surface area contributed by atoms with Gasteiger partial charge in [0.2, 0.25) is 0 Å². The van der Waals surface area contributed by atoms with Crippen molar-refractivity contribution in [2.75, 3.05) is 0 Å². The number of fused-ring (bicyclic) bond motifs is 1. The molecule has 0 atom stereocenters. The highest BCUT2D eigenvalue weighted by Crippen LogP contribution is 2.33. The first-order valence-corrected chi connectivity index (χ1v) is 9.62. The van der Waals surface area contributed by atoms with Gasteiger partial charge in [-0.05, 0) is 30.4 Å². The summed E-state index contributed by atoms with van der Waals surface area (Å²) in [5.41, 5.74) is -0.791. The lowest BCUT2D eigenvalue weighted by molar-refractivity contribution is -0.142. The van der Waals surface area contributed by atoms with E-state index < -0.39 is 17.8 Å². The molecule has 4 rings (SSSR count). The summed E-state index contributed by atoms with van der Waals surface area (Å²) in [5.74, 6) is -0.460. The van der Waals surface area contributed by atoms with E-state index in [0.29, 0.717) is 9.39 Å². The van der Waals surface area contributed by atoms with Crippen molar-refractivity contribution in [2.24, 2.45) is 0 Å². The molecule has 0 bridgehead atoms. The minimum absolute atomic E-state index is 0.00187. The fourth-order valence-electron chi connectivity index (χ4n) is 3.34. The fourth-order valence-corrected chi connectivity index (χ4v) is 4.03. The zero-order valence-electron chi connectivity index (χ0n) is 14.3. The largest absolute Gasteiger partial charge is 0.433 e. The Labute approximate surface area is 157 Å². The van der Waals surface area contributed by atoms with Crippen molar-refractivity contribution in [2.45, 2.75) is 44.3 Å². The smallest absolute Gasteiger partial charge is 0.348 e. The quantitative estimate of drug-likeness (QED) is 0.710. The van der Waals surface area contributed by atoms with Gasteiger partial charge in [0.05, 0.1) is 10.6 Å². The summed E-state index contributed by atoms with van der Waals surface area (Å²) in [7, 11) is 0. The third-order valence-corrected chi connectivity index (χ3v) is 5.56. The maximum atomic E-state index is 13.5. The van der Waals surface area contributed by atoms with Crippen molar-refractivity contribution in [1.29, 1.82) is 0 Å². The van der Waals surface area contributed by atoms with Crippen molar-refractivity contribution >= 4 is 22.9 Å². The molecule has 0 unspecified atom stereocenters. The number of carbonyl (C=O) groups is 1. The van der Waals surface area contributed by atoms with Crippen LogP contribution in [0.4, 0.5) is 13.2 Å². The highest BCUT2D eigenvalue weighted by molar-refractivity contribution is 7.13. The summed E-state index contributed by atoms with van der Waals surface area (Å²) >= 11 is 1.30. The maximum absolute atomic E-state index is 13.5. The number of hydrogen-bond acceptors (Lipinski definition) is 4. The van der Waals surface area contributed by atoms with Crippen LogP contribution in [0.2, 0.25) is 0 Å². The molecule has 3 heterocycles. The van der Waals surface area contributed by atoms with Gasteiger partial charge in [-0.3, -0.25) is 4.79 Å². The van der Waals surface area contributed by atoms with Crippen LogP contribution in [-0.4, -0.2) is 26.5 Å². The van der Waals surface area contributed by atoms with E-state index in [1.54, 1.807) is 17.5 Å². The Balaban J connectivity index is 1.72. The summed E-state index contributed by atoms with van der Waals surface area (Å²) in [6.45, 7) is 0. The molecule has 142 valence electrons. The molecule has 1 saturated carbocycles. The van der Waals surface area contributed by atoms with Crippen LogP contribution in [0.1, 0.15) is 48.3 Å². The molecule has 0 radical (unpaired) electrons. The lowest BCUT2D eigenvalue weighted by atomic mass is 9.95. The maximum Gasteiger partial charge on any atom is 0.433 e. The Morgan fingerprint density at radius 1 is 1.22 bits per heavy atom. The Morgan fingerprint density at radius 3 is 2.67 bits per heavy atom. The fraction of sp³-hybridized carbons (Fsp3) is 0.389. The molecule has 9 heteroatoms. The van der Waals surface area contributed by atoms with Crippen LogP contribution >= 0.6 is 11.3 Å². The molecule has 5 nitrogen and oxygen atoms in total. The molecule has 1 N–H and O–H groups in total. The van der Waals surface area contributed by atoms with Gasteiger partial charge < -0.3 is 5.32 Å². The van der Waals surface area contributed by atoms with E-state index in [1.807, 2.05) is 0 Å². The molecule has 1 amide bonds. The Morgan fingerprint density at radius 2 is 2.00 bits per heavy atom. The van der Waals surface area contributed by atoms with Crippen molar-refractivity contribution in [3.05, 3.63) is 41.0 Å². The first-order chi connectivity index (χ1) is 12.9. The van der Waals surface area contributed by atoms with Crippen LogP contribution in [0.15, 0.2) is 29.6 Å². The summed E-state index contributed by atoms with van der Waals surface area (Å²) < 4.78 is 41.3. The summed E-state index contributed by atoms with van der Waals surface area (Å²) in [5, 5.41) is 8.54. The predicted octanol–water partition coefficient (Wildman–Crippen LogP) is 4.54. The predicted molar refractivity (Wildman–Crippen MR) is 95.6 cm³/mol. The average Bonchev–Trinajstić information content (AvgIpc) is 3.30. The number of thiophene rings is 1. The second-order valence-electron chi connectivity index (χ2n) is 6.61. The van der Waals surface area contributed by atoms with Crippen LogP contribution in [0.25, 0.3) is 16.2 Å². The second-order valence-corrected chi connectivity index (χ2v) is 7.56. The van der Waals surface area contributed by atoms with E-state index in [0.717, 1.165) is 38.2 Å². The molecule has 3 aromatic heterocycles. The summed E-state index contributed by atoms with van der Waals surface area (Å²) in [4.78, 5) is 17.4. The zero-order chi connectivity index (χ0) is 19.0. The Hall–Kier alpha value is -2.42. The summed E-state index contributed by atoms with van der Waals surface area (Å²) in [6, 6.07) is 5.78. The average molecular weight is 394 g/mol. The van der Waals surface area contributed by atoms with Crippen LogP contribution in [-0.2, 0) is 6.18 Å². The van der Waals surface area contributed by atoms with Crippen molar-refractivity contribution < 1.29 is 18.0 Å². The number of nitrogens with zero attached hydrogens (tertiary/aromatic N) is 3. The highest BCUT2D eigenvalue weighted by atomic mass is 32.1. The van der Waals surface area contributed by atoms with Gasteiger partial charge in [0, 0.05) is 12.1 Å². The van der Waals surface area contributed by atoms with Gasteiger partial charge in [0.25, 0.3) is 5.91 Å². The SMILES string of the molecule is O=C(NC1CCCCC1)c1cc2nc(-c3cccs3)cc(C(F)(F)F)n2n1. The van der Waals surface area contributed by atoms with E-state index >= 15 is 0 Å². The molecule has 3 aromatic rings. The van der Waals surface area contributed by atoms with Gasteiger partial charge >= 0.3 is 6.18 Å². The molecular weight excluding hydrogens is 377 g/mol. The summed E-state index contributed by atoms with van der Waals surface area (Å²) in [6.07, 6.45) is 0.378. The van der Waals surface area contributed by atoms with Gasteiger partial charge in [0.15, 0.2) is 17.0 Å². The second kappa shape index (κ2) is 6.95. The number of halogens is 3. The molecule has 0 spiro atoms. The standard InChI is InChI=1S/C18H17F3N4OS/c19-18(20,21)15-9-12(14-7-4-8-27-14)23-16-10-13(24-25(15)16)17(26)22-11-5-2-1-3-6-11/h4,7-11H,1-3,5-6H2,(H,22,26). The number of carbonyl (C=O) groups excluding carboxylic acids is 1. The molecule has 0 aromatic carbocycles. The van der Waals surface area contributed by atoms with Gasteiger partial charge in [-0.1, -0.05) is 25.3 Å². The minimum Gasteiger partial charge on any atom is -0.348 e. The van der Waals surface area contributed by atoms with Crippen molar-refractivity contribution in [3.63, 3.8) is 0 Å². The van der Waals surface area contributed by atoms with E-state index in [-0.39, 0.29) is 23.1 Å². The molecule has 0 saturated heterocycles. The molecule has 1 aliphatic carbocycles. The Bertz CT molecular complexity index is 959. The number of nitrogens with one attached hydrogen (secondary N) is 1. The van der Waals surface area contributed by atoms with E-state index in [9.17, 15) is 18.0 Å². The van der Waals surface area contributed by atoms with Gasteiger partial charge in [-0.15, -0.1) is 11.3 Å². The van der Waals surface area contributed by atoms with Crippen LogP contribution in [0.3, 0.4) is 0 Å². The van der Waals surface area contributed by atoms with E-state index in [4.69, 9.17) is 0 Å². The first kappa shape index (κ1) is 18.0. The molecular formula is C18H17F3N4OS. The molecule has 0 aliphatic heterocycles. The topological polar surface area (TPSA) is 59.3 Å². The number of alkyl halides is 3. The van der Waals surface area contributed by atoms with Crippen LogP contribution in [0.5, 0.6) is 0 Å². The first-order valence-electron chi connectivity index (χ1n) is 8.74.